The van der Waals surface area contributed by atoms with Gasteiger partial charge in [0.2, 0.25) is 0 Å². The van der Waals surface area contributed by atoms with Gasteiger partial charge in [0.05, 0.1) is 0 Å². The lowest BCUT2D eigenvalue weighted by molar-refractivity contribution is -0.539. The predicted molar refractivity (Wildman–Crippen MR) is 150 cm³/mol. The zero-order chi connectivity index (χ0) is 28.0. The standard InChI is InChI=1S/C28H32N4O4S2/c1-25(2)26(3,4)30(34)23(29(25)33)21-15-13-19(37-21)17-9-11-18(12-10-17)20-14-16-22(38-20)24-31(35)27(5,6)28(7,8)32(24)36/h9-16H,1-8H3. The van der Waals surface area contributed by atoms with Gasteiger partial charge in [-0.05, 0) is 90.8 Å². The lowest BCUT2D eigenvalue weighted by Crippen LogP contribution is -2.53. The third-order valence-corrected chi connectivity index (χ3v) is 11.2. The predicted octanol–water partition coefficient (Wildman–Crippen LogP) is 6.09. The molecule has 4 heterocycles. The monoisotopic (exact) mass is 552 g/mol. The SMILES string of the molecule is CC1(C)N([O])C(c2ccc(-c3ccc(-c4ccc(C5=[N+]([O-])C(C)(C)C(C)(C)N5[O])s4)cc3)s2)=[N+]([O-])C1(C)C. The summed E-state index contributed by atoms with van der Waals surface area (Å²) in [5.41, 5.74) is -1.49. The van der Waals surface area contributed by atoms with E-state index in [1.165, 1.54) is 22.7 Å². The Kier molecular flexibility index (Phi) is 5.82. The maximum Gasteiger partial charge on any atom is 0.326 e. The fourth-order valence-corrected chi connectivity index (χ4v) is 6.68. The van der Waals surface area contributed by atoms with Gasteiger partial charge in [0.25, 0.3) is 0 Å². The zero-order valence-electron chi connectivity index (χ0n) is 22.9. The van der Waals surface area contributed by atoms with E-state index in [0.29, 0.717) is 9.75 Å². The summed E-state index contributed by atoms with van der Waals surface area (Å²) in [6, 6.07) is 15.5. The molecule has 2 radical (unpaired) electrons. The average Bonchev–Trinajstić information content (AvgIpc) is 3.58. The van der Waals surface area contributed by atoms with Gasteiger partial charge in [0.15, 0.2) is 11.1 Å². The summed E-state index contributed by atoms with van der Waals surface area (Å²) in [6.45, 7) is 14.3. The average molecular weight is 553 g/mol. The van der Waals surface area contributed by atoms with Gasteiger partial charge in [0.1, 0.15) is 20.8 Å². The zero-order valence-corrected chi connectivity index (χ0v) is 24.5. The first-order valence-electron chi connectivity index (χ1n) is 12.5. The normalized spacial score (nSPS) is 21.6. The lowest BCUT2D eigenvalue weighted by atomic mass is 9.84. The summed E-state index contributed by atoms with van der Waals surface area (Å²) < 4.78 is 1.67. The molecule has 10 heteroatoms. The molecule has 8 nitrogen and oxygen atoms in total. The molecule has 0 spiro atoms. The molecule has 38 heavy (non-hydrogen) atoms. The minimum absolute atomic E-state index is 0.148. The molecule has 0 saturated carbocycles. The van der Waals surface area contributed by atoms with Crippen molar-refractivity contribution in [3.05, 3.63) is 68.7 Å². The Hall–Kier alpha value is -2.92. The fraction of sp³-hybridized carbons (Fsp3) is 0.429. The highest BCUT2D eigenvalue weighted by Gasteiger charge is 2.61. The Morgan fingerprint density at radius 1 is 0.553 bits per heavy atom. The highest BCUT2D eigenvalue weighted by atomic mass is 32.1. The maximum absolute atomic E-state index is 13.0. The summed E-state index contributed by atoms with van der Waals surface area (Å²) in [7, 11) is 0. The number of hydroxylamine groups is 6. The molecule has 0 N–H and O–H groups in total. The Labute approximate surface area is 231 Å². The first-order chi connectivity index (χ1) is 17.5. The first kappa shape index (κ1) is 26.7. The fourth-order valence-electron chi connectivity index (χ4n) is 4.64. The van der Waals surface area contributed by atoms with E-state index in [-0.39, 0.29) is 11.7 Å². The van der Waals surface area contributed by atoms with Crippen molar-refractivity contribution in [2.45, 2.75) is 77.5 Å². The van der Waals surface area contributed by atoms with Gasteiger partial charge in [-0.1, -0.05) is 34.4 Å². The Bertz CT molecular complexity index is 1370. The van der Waals surface area contributed by atoms with Gasteiger partial charge in [0, 0.05) is 20.2 Å². The second-order valence-electron chi connectivity index (χ2n) is 12.0. The van der Waals surface area contributed by atoms with Crippen molar-refractivity contribution >= 4 is 34.3 Å². The number of nitrogens with zero attached hydrogens (tertiary/aromatic N) is 4. The van der Waals surface area contributed by atoms with E-state index in [2.05, 4.69) is 0 Å². The number of benzene rings is 1. The number of rotatable bonds is 4. The van der Waals surface area contributed by atoms with Crippen molar-refractivity contribution in [3.8, 4) is 20.9 Å². The van der Waals surface area contributed by atoms with Crippen molar-refractivity contribution < 1.29 is 19.9 Å². The number of hydrogen-bond acceptors (Lipinski definition) is 6. The number of amidine groups is 2. The van der Waals surface area contributed by atoms with E-state index in [4.69, 9.17) is 0 Å². The van der Waals surface area contributed by atoms with Crippen LogP contribution in [-0.4, -0.2) is 53.4 Å². The third-order valence-electron chi connectivity index (χ3n) is 8.90. The Morgan fingerprint density at radius 3 is 1.11 bits per heavy atom. The topological polar surface area (TPSA) is 98.4 Å². The minimum atomic E-state index is -0.857. The molecule has 0 bridgehead atoms. The molecule has 0 unspecified atom stereocenters. The number of hydrogen-bond donors (Lipinski definition) is 0. The summed E-state index contributed by atoms with van der Waals surface area (Å²) in [5.74, 6) is 0.296. The number of thiophene rings is 2. The van der Waals surface area contributed by atoms with Crippen LogP contribution in [0.1, 0.15) is 65.1 Å². The highest BCUT2D eigenvalue weighted by molar-refractivity contribution is 7.17. The molecule has 5 rings (SSSR count). The molecule has 200 valence electrons. The quantitative estimate of drug-likeness (QED) is 0.289. The van der Waals surface area contributed by atoms with E-state index < -0.39 is 22.2 Å². The van der Waals surface area contributed by atoms with Crippen molar-refractivity contribution in [1.29, 1.82) is 0 Å². The van der Waals surface area contributed by atoms with Gasteiger partial charge >= 0.3 is 11.7 Å². The largest absolute Gasteiger partial charge is 0.714 e. The van der Waals surface area contributed by atoms with Crippen LogP contribution in [-0.2, 0) is 10.4 Å². The van der Waals surface area contributed by atoms with Crippen molar-refractivity contribution in [1.82, 2.24) is 10.1 Å². The van der Waals surface area contributed by atoms with Crippen LogP contribution in [0, 0.1) is 10.4 Å². The smallest absolute Gasteiger partial charge is 0.326 e. The molecule has 3 aromatic rings. The molecule has 0 aliphatic carbocycles. The van der Waals surface area contributed by atoms with Gasteiger partial charge in [-0.15, -0.1) is 22.7 Å². The molecule has 1 aromatic carbocycles. The van der Waals surface area contributed by atoms with Crippen LogP contribution in [0.3, 0.4) is 0 Å². The molecule has 0 atom stereocenters. The van der Waals surface area contributed by atoms with Crippen LogP contribution >= 0.6 is 22.7 Å². The van der Waals surface area contributed by atoms with Crippen LogP contribution in [0.5, 0.6) is 0 Å². The van der Waals surface area contributed by atoms with E-state index in [1.54, 1.807) is 55.4 Å². The third kappa shape index (κ3) is 3.47. The molecule has 2 aromatic heterocycles. The van der Waals surface area contributed by atoms with Crippen LogP contribution < -0.4 is 0 Å². The van der Waals surface area contributed by atoms with Crippen LogP contribution in [0.2, 0.25) is 0 Å². The van der Waals surface area contributed by atoms with E-state index in [1.807, 2.05) is 48.5 Å². The molecule has 0 amide bonds. The van der Waals surface area contributed by atoms with Crippen molar-refractivity contribution in [3.63, 3.8) is 0 Å². The molecule has 0 saturated heterocycles. The second kappa shape index (κ2) is 8.29. The van der Waals surface area contributed by atoms with Crippen LogP contribution in [0.25, 0.3) is 20.9 Å². The van der Waals surface area contributed by atoms with Crippen LogP contribution in [0.15, 0.2) is 48.5 Å². The Morgan fingerprint density at radius 2 is 0.842 bits per heavy atom. The summed E-state index contributed by atoms with van der Waals surface area (Å²) >= 11 is 2.83. The summed E-state index contributed by atoms with van der Waals surface area (Å²) in [6.07, 6.45) is 0. The highest BCUT2D eigenvalue weighted by Crippen LogP contribution is 2.41. The maximum atomic E-state index is 13.0. The van der Waals surface area contributed by atoms with Crippen molar-refractivity contribution in [2.24, 2.45) is 0 Å². The summed E-state index contributed by atoms with van der Waals surface area (Å²) in [5, 5.41) is 53.7. The molecule has 2 aliphatic heterocycles. The Balaban J connectivity index is 1.41. The van der Waals surface area contributed by atoms with Gasteiger partial charge in [-0.3, -0.25) is 9.48 Å². The summed E-state index contributed by atoms with van der Waals surface area (Å²) in [4.78, 5) is 3.18. The first-order valence-corrected chi connectivity index (χ1v) is 14.1. The van der Waals surface area contributed by atoms with Gasteiger partial charge in [-0.25, -0.2) is 0 Å². The van der Waals surface area contributed by atoms with Gasteiger partial charge in [-0.2, -0.15) is 0 Å². The minimum Gasteiger partial charge on any atom is -0.714 e. The molecular formula is C28H32N4O4S2. The van der Waals surface area contributed by atoms with Crippen LogP contribution in [0.4, 0.5) is 0 Å². The van der Waals surface area contributed by atoms with Crippen molar-refractivity contribution in [2.75, 3.05) is 0 Å². The second-order valence-corrected chi connectivity index (χ2v) is 14.1. The molecule has 0 fully saturated rings. The van der Waals surface area contributed by atoms with Gasteiger partial charge < -0.3 is 10.4 Å². The molecular weight excluding hydrogens is 520 g/mol. The van der Waals surface area contributed by atoms with E-state index >= 15 is 0 Å². The van der Waals surface area contributed by atoms with E-state index in [9.17, 15) is 20.8 Å². The lowest BCUT2D eigenvalue weighted by Gasteiger charge is -2.32. The molecule has 2 aliphatic rings. The van der Waals surface area contributed by atoms with E-state index in [0.717, 1.165) is 40.5 Å².